The molecule has 1 unspecified atom stereocenters. The van der Waals surface area contributed by atoms with Crippen LogP contribution in [-0.2, 0) is 9.53 Å². The molecular weight excluding hydrogens is 276 g/mol. The SMILES string of the molecule is C=C(C)C(=O)Oc1c(C(=O)C(C)OCC)ccc(O)c1O. The minimum atomic E-state index is -0.811. The van der Waals surface area contributed by atoms with E-state index in [0.717, 1.165) is 6.07 Å². The van der Waals surface area contributed by atoms with Gasteiger partial charge >= 0.3 is 5.97 Å². The van der Waals surface area contributed by atoms with Crippen molar-refractivity contribution in [3.05, 3.63) is 29.8 Å². The number of Topliss-reactive ketones (excluding diaryl/α,β-unsaturated/α-hetero) is 1. The highest BCUT2D eigenvalue weighted by atomic mass is 16.5. The molecule has 0 aliphatic rings. The molecule has 0 aliphatic heterocycles. The Kier molecular flexibility index (Phi) is 5.49. The Bertz CT molecular complexity index is 576. The largest absolute Gasteiger partial charge is 0.504 e. The van der Waals surface area contributed by atoms with Crippen LogP contribution in [-0.4, -0.2) is 34.7 Å². The maximum atomic E-state index is 12.2. The zero-order chi connectivity index (χ0) is 16.2. The normalized spacial score (nSPS) is 11.8. The first-order valence-corrected chi connectivity index (χ1v) is 6.38. The molecule has 0 amide bonds. The number of phenolic OH excluding ortho intramolecular Hbond substituents is 2. The predicted octanol–water partition coefficient (Wildman–Crippen LogP) is 2.19. The number of carbonyl (C=O) groups excluding carboxylic acids is 2. The van der Waals surface area contributed by atoms with Crippen molar-refractivity contribution in [2.24, 2.45) is 0 Å². The molecule has 1 rings (SSSR count). The van der Waals surface area contributed by atoms with Gasteiger partial charge in [0.2, 0.25) is 5.75 Å². The van der Waals surface area contributed by atoms with Gasteiger partial charge in [-0.25, -0.2) is 4.79 Å². The lowest BCUT2D eigenvalue weighted by Gasteiger charge is -2.15. The molecule has 0 fully saturated rings. The van der Waals surface area contributed by atoms with Gasteiger partial charge in [0.25, 0.3) is 0 Å². The predicted molar refractivity (Wildman–Crippen MR) is 75.6 cm³/mol. The summed E-state index contributed by atoms with van der Waals surface area (Å²) in [4.78, 5) is 23.8. The average Bonchev–Trinajstić information content (AvgIpc) is 2.43. The topological polar surface area (TPSA) is 93.1 Å². The molecule has 2 N–H and O–H groups in total. The third-order valence-electron chi connectivity index (χ3n) is 2.70. The van der Waals surface area contributed by atoms with Gasteiger partial charge < -0.3 is 19.7 Å². The van der Waals surface area contributed by atoms with E-state index in [0.29, 0.717) is 6.61 Å². The molecule has 6 nitrogen and oxygen atoms in total. The van der Waals surface area contributed by atoms with Gasteiger partial charge in [0, 0.05) is 12.2 Å². The Labute approximate surface area is 122 Å². The van der Waals surface area contributed by atoms with Crippen LogP contribution in [0.3, 0.4) is 0 Å². The van der Waals surface area contributed by atoms with E-state index in [4.69, 9.17) is 9.47 Å². The number of rotatable bonds is 6. The lowest BCUT2D eigenvalue weighted by Crippen LogP contribution is -2.22. The van der Waals surface area contributed by atoms with Gasteiger partial charge in [0.1, 0.15) is 6.10 Å². The van der Waals surface area contributed by atoms with Crippen LogP contribution in [0.5, 0.6) is 17.2 Å². The molecule has 1 aromatic carbocycles. The van der Waals surface area contributed by atoms with Gasteiger partial charge in [0.15, 0.2) is 17.3 Å². The van der Waals surface area contributed by atoms with Crippen molar-refractivity contribution in [3.8, 4) is 17.2 Å². The summed E-state index contributed by atoms with van der Waals surface area (Å²) in [5.74, 6) is -2.87. The highest BCUT2D eigenvalue weighted by Crippen LogP contribution is 2.39. The average molecular weight is 294 g/mol. The van der Waals surface area contributed by atoms with Crippen molar-refractivity contribution in [1.29, 1.82) is 0 Å². The summed E-state index contributed by atoms with van der Waals surface area (Å²) in [5, 5.41) is 19.3. The van der Waals surface area contributed by atoms with E-state index in [2.05, 4.69) is 6.58 Å². The number of ketones is 1. The van der Waals surface area contributed by atoms with Crippen LogP contribution in [0.15, 0.2) is 24.3 Å². The first-order valence-electron chi connectivity index (χ1n) is 6.38. The fourth-order valence-corrected chi connectivity index (χ4v) is 1.58. The molecular formula is C15H18O6. The lowest BCUT2D eigenvalue weighted by atomic mass is 10.0. The lowest BCUT2D eigenvalue weighted by molar-refractivity contribution is -0.130. The Hall–Kier alpha value is -2.34. The molecule has 0 radical (unpaired) electrons. The van der Waals surface area contributed by atoms with Gasteiger partial charge in [0.05, 0.1) is 5.56 Å². The summed E-state index contributed by atoms with van der Waals surface area (Å²) < 4.78 is 10.1. The zero-order valence-electron chi connectivity index (χ0n) is 12.2. The summed E-state index contributed by atoms with van der Waals surface area (Å²) in [6.07, 6.45) is -0.777. The highest BCUT2D eigenvalue weighted by molar-refractivity contribution is 6.03. The van der Waals surface area contributed by atoms with Crippen LogP contribution in [0.2, 0.25) is 0 Å². The fourth-order valence-electron chi connectivity index (χ4n) is 1.58. The summed E-state index contributed by atoms with van der Waals surface area (Å²) in [6.45, 7) is 8.45. The highest BCUT2D eigenvalue weighted by Gasteiger charge is 2.25. The number of phenols is 2. The van der Waals surface area contributed by atoms with Crippen LogP contribution >= 0.6 is 0 Å². The molecule has 0 heterocycles. The number of esters is 1. The summed E-state index contributed by atoms with van der Waals surface area (Å²) in [5.41, 5.74) is 0.0369. The van der Waals surface area contributed by atoms with Crippen molar-refractivity contribution in [2.75, 3.05) is 6.61 Å². The van der Waals surface area contributed by atoms with Crippen molar-refractivity contribution in [3.63, 3.8) is 0 Å². The van der Waals surface area contributed by atoms with Gasteiger partial charge in [-0.2, -0.15) is 0 Å². The van der Waals surface area contributed by atoms with E-state index in [1.165, 1.54) is 13.0 Å². The number of carbonyl (C=O) groups is 2. The number of benzene rings is 1. The van der Waals surface area contributed by atoms with E-state index in [9.17, 15) is 19.8 Å². The molecule has 0 saturated carbocycles. The second-order valence-electron chi connectivity index (χ2n) is 4.44. The van der Waals surface area contributed by atoms with Crippen molar-refractivity contribution in [2.45, 2.75) is 26.9 Å². The second-order valence-corrected chi connectivity index (χ2v) is 4.44. The number of hydrogen-bond acceptors (Lipinski definition) is 6. The Morgan fingerprint density at radius 3 is 2.48 bits per heavy atom. The first kappa shape index (κ1) is 16.7. The molecule has 21 heavy (non-hydrogen) atoms. The third-order valence-corrected chi connectivity index (χ3v) is 2.70. The number of ether oxygens (including phenoxy) is 2. The minimum Gasteiger partial charge on any atom is -0.504 e. The van der Waals surface area contributed by atoms with Gasteiger partial charge in [-0.05, 0) is 32.9 Å². The maximum Gasteiger partial charge on any atom is 0.338 e. The summed E-state index contributed by atoms with van der Waals surface area (Å²) >= 11 is 0. The van der Waals surface area contributed by atoms with Crippen LogP contribution < -0.4 is 4.74 Å². The van der Waals surface area contributed by atoms with Crippen LogP contribution in [0, 0.1) is 0 Å². The van der Waals surface area contributed by atoms with E-state index >= 15 is 0 Å². The fraction of sp³-hybridized carbons (Fsp3) is 0.333. The quantitative estimate of drug-likeness (QED) is 0.275. The van der Waals surface area contributed by atoms with Crippen molar-refractivity contribution < 1.29 is 29.3 Å². The van der Waals surface area contributed by atoms with E-state index in [-0.39, 0.29) is 11.1 Å². The molecule has 1 atom stereocenters. The molecule has 114 valence electrons. The molecule has 1 aromatic rings. The smallest absolute Gasteiger partial charge is 0.338 e. The molecule has 0 aliphatic carbocycles. The maximum absolute atomic E-state index is 12.2. The number of aromatic hydroxyl groups is 2. The van der Waals surface area contributed by atoms with Crippen molar-refractivity contribution in [1.82, 2.24) is 0 Å². The van der Waals surface area contributed by atoms with E-state index in [1.807, 2.05) is 0 Å². The Balaban J connectivity index is 3.26. The minimum absolute atomic E-state index is 0.0548. The standard InChI is InChI=1S/C15H18O6/c1-5-20-9(4)12(17)10-6-7-11(16)13(18)14(10)21-15(19)8(2)3/h6-7,9,16,18H,2,5H2,1,3-4H3. The molecule has 0 spiro atoms. The van der Waals surface area contributed by atoms with Crippen LogP contribution in [0.1, 0.15) is 31.1 Å². The van der Waals surface area contributed by atoms with Gasteiger partial charge in [-0.15, -0.1) is 0 Å². The van der Waals surface area contributed by atoms with E-state index < -0.39 is 35.1 Å². The molecule has 0 bridgehead atoms. The van der Waals surface area contributed by atoms with Crippen LogP contribution in [0.25, 0.3) is 0 Å². The van der Waals surface area contributed by atoms with E-state index in [1.54, 1.807) is 13.8 Å². The summed E-state index contributed by atoms with van der Waals surface area (Å²) in [7, 11) is 0. The van der Waals surface area contributed by atoms with Crippen molar-refractivity contribution >= 4 is 11.8 Å². The third kappa shape index (κ3) is 3.82. The molecule has 0 saturated heterocycles. The zero-order valence-corrected chi connectivity index (χ0v) is 12.2. The number of hydrogen-bond donors (Lipinski definition) is 2. The monoisotopic (exact) mass is 294 g/mol. The van der Waals surface area contributed by atoms with Crippen LogP contribution in [0.4, 0.5) is 0 Å². The Morgan fingerprint density at radius 2 is 1.95 bits per heavy atom. The first-order chi connectivity index (χ1) is 9.79. The second kappa shape index (κ2) is 6.90. The van der Waals surface area contributed by atoms with Gasteiger partial charge in [-0.1, -0.05) is 6.58 Å². The molecule has 0 aromatic heterocycles. The summed E-state index contributed by atoms with van der Waals surface area (Å²) in [6, 6.07) is 2.40. The van der Waals surface area contributed by atoms with Gasteiger partial charge in [-0.3, -0.25) is 4.79 Å². The molecule has 6 heteroatoms. The Morgan fingerprint density at radius 1 is 1.33 bits per heavy atom.